The second-order valence-electron chi connectivity index (χ2n) is 3.88. The molecule has 0 aromatic heterocycles. The van der Waals surface area contributed by atoms with Crippen LogP contribution in [-0.4, -0.2) is 40.3 Å². The van der Waals surface area contributed by atoms with Gasteiger partial charge in [0.15, 0.2) is 0 Å². The number of hydrazine groups is 1. The lowest BCUT2D eigenvalue weighted by molar-refractivity contribution is -0.119. The Labute approximate surface area is 101 Å². The van der Waals surface area contributed by atoms with Crippen LogP contribution in [0.3, 0.4) is 0 Å². The van der Waals surface area contributed by atoms with Gasteiger partial charge in [0.1, 0.15) is 6.54 Å². The van der Waals surface area contributed by atoms with Crippen molar-refractivity contribution in [2.45, 2.75) is 0 Å². The number of imide groups is 2. The van der Waals surface area contributed by atoms with Gasteiger partial charge < -0.3 is 0 Å². The minimum atomic E-state index is -0.769. The summed E-state index contributed by atoms with van der Waals surface area (Å²) in [6, 6.07) is 5.50. The van der Waals surface area contributed by atoms with Crippen molar-refractivity contribution in [3.05, 3.63) is 35.4 Å². The van der Waals surface area contributed by atoms with Crippen molar-refractivity contribution in [3.8, 4) is 0 Å². The SMILES string of the molecule is O=C1CN(N2C(=O)c3ccccc3C2=O)C(=O)N1. The molecule has 7 heteroatoms. The summed E-state index contributed by atoms with van der Waals surface area (Å²) in [7, 11) is 0. The van der Waals surface area contributed by atoms with Crippen molar-refractivity contribution >= 4 is 23.8 Å². The number of nitrogens with one attached hydrogen (secondary N) is 1. The molecule has 1 aromatic carbocycles. The number of hydrogen-bond donors (Lipinski definition) is 1. The third-order valence-electron chi connectivity index (χ3n) is 2.79. The van der Waals surface area contributed by atoms with Gasteiger partial charge in [-0.05, 0) is 12.1 Å². The number of fused-ring (bicyclic) bond motifs is 1. The Hall–Kier alpha value is -2.70. The van der Waals surface area contributed by atoms with E-state index in [9.17, 15) is 19.2 Å². The van der Waals surface area contributed by atoms with Gasteiger partial charge in [-0.2, -0.15) is 5.01 Å². The number of urea groups is 1. The highest BCUT2D eigenvalue weighted by atomic mass is 16.2. The first kappa shape index (κ1) is 10.5. The Bertz CT molecular complexity index is 575. The maximum atomic E-state index is 12.0. The summed E-state index contributed by atoms with van der Waals surface area (Å²) in [6.45, 7) is -0.329. The standard InChI is InChI=1S/C11H7N3O4/c15-8-5-13(11(18)12-8)14-9(16)6-3-1-2-4-7(6)10(14)17/h1-4H,5H2,(H,12,15,18). The average molecular weight is 245 g/mol. The first-order valence-corrected chi connectivity index (χ1v) is 5.18. The number of nitrogens with zero attached hydrogens (tertiary/aromatic N) is 2. The van der Waals surface area contributed by atoms with E-state index in [0.717, 1.165) is 5.01 Å². The van der Waals surface area contributed by atoms with Crippen molar-refractivity contribution in [1.82, 2.24) is 15.3 Å². The molecule has 0 bridgehead atoms. The molecule has 0 aliphatic carbocycles. The summed E-state index contributed by atoms with van der Waals surface area (Å²) < 4.78 is 0. The van der Waals surface area contributed by atoms with E-state index >= 15 is 0 Å². The van der Waals surface area contributed by atoms with E-state index in [-0.39, 0.29) is 17.7 Å². The number of benzene rings is 1. The second-order valence-corrected chi connectivity index (χ2v) is 3.88. The Kier molecular flexibility index (Phi) is 1.97. The summed E-state index contributed by atoms with van der Waals surface area (Å²) in [6.07, 6.45) is 0. The molecular weight excluding hydrogens is 238 g/mol. The highest BCUT2D eigenvalue weighted by molar-refractivity contribution is 6.22. The number of carbonyl (C=O) groups is 4. The van der Waals surface area contributed by atoms with Crippen LogP contribution in [0, 0.1) is 0 Å². The molecule has 0 unspecified atom stereocenters. The molecule has 90 valence electrons. The van der Waals surface area contributed by atoms with Crippen LogP contribution in [-0.2, 0) is 4.79 Å². The van der Waals surface area contributed by atoms with Crippen LogP contribution in [0.2, 0.25) is 0 Å². The quantitative estimate of drug-likeness (QED) is 0.546. The van der Waals surface area contributed by atoms with E-state index in [4.69, 9.17) is 0 Å². The molecule has 7 nitrogen and oxygen atoms in total. The second kappa shape index (κ2) is 3.39. The lowest BCUT2D eigenvalue weighted by Gasteiger charge is -2.22. The first-order valence-electron chi connectivity index (χ1n) is 5.18. The Morgan fingerprint density at radius 1 is 0.944 bits per heavy atom. The molecule has 2 aliphatic rings. The first-order chi connectivity index (χ1) is 8.59. The minimum absolute atomic E-state index is 0.231. The highest BCUT2D eigenvalue weighted by Gasteiger charge is 2.44. The predicted octanol–water partition coefficient (Wildman–Crippen LogP) is -0.251. The average Bonchev–Trinajstić information content (AvgIpc) is 2.79. The molecule has 1 N–H and O–H groups in total. The lowest BCUT2D eigenvalue weighted by Crippen LogP contribution is -2.47. The van der Waals surface area contributed by atoms with Gasteiger partial charge in [0.25, 0.3) is 11.8 Å². The molecule has 0 atom stereocenters. The molecule has 18 heavy (non-hydrogen) atoms. The van der Waals surface area contributed by atoms with Gasteiger partial charge in [-0.25, -0.2) is 9.80 Å². The van der Waals surface area contributed by atoms with Gasteiger partial charge in [0.2, 0.25) is 5.91 Å². The van der Waals surface area contributed by atoms with E-state index < -0.39 is 23.8 Å². The fourth-order valence-electron chi connectivity index (χ4n) is 1.99. The lowest BCUT2D eigenvalue weighted by atomic mass is 10.1. The molecule has 2 heterocycles. The summed E-state index contributed by atoms with van der Waals surface area (Å²) in [5.74, 6) is -1.74. The van der Waals surface area contributed by atoms with Crippen LogP contribution < -0.4 is 5.32 Å². The molecule has 3 rings (SSSR count). The number of hydrogen-bond acceptors (Lipinski definition) is 4. The van der Waals surface area contributed by atoms with E-state index in [1.165, 1.54) is 12.1 Å². The normalized spacial score (nSPS) is 18.4. The zero-order valence-electron chi connectivity index (χ0n) is 9.04. The maximum Gasteiger partial charge on any atom is 0.343 e. The molecule has 1 fully saturated rings. The summed E-state index contributed by atoms with van der Waals surface area (Å²) in [5, 5.41) is 3.53. The van der Waals surface area contributed by atoms with Crippen molar-refractivity contribution in [2.75, 3.05) is 6.54 Å². The monoisotopic (exact) mass is 245 g/mol. The van der Waals surface area contributed by atoms with Crippen LogP contribution in [0.5, 0.6) is 0 Å². The zero-order valence-corrected chi connectivity index (χ0v) is 9.04. The number of rotatable bonds is 1. The third kappa shape index (κ3) is 1.24. The smallest absolute Gasteiger partial charge is 0.275 e. The van der Waals surface area contributed by atoms with E-state index in [0.29, 0.717) is 5.01 Å². The predicted molar refractivity (Wildman–Crippen MR) is 57.2 cm³/mol. The molecule has 1 saturated heterocycles. The van der Waals surface area contributed by atoms with Crippen LogP contribution >= 0.6 is 0 Å². The largest absolute Gasteiger partial charge is 0.343 e. The van der Waals surface area contributed by atoms with Crippen LogP contribution in [0.15, 0.2) is 24.3 Å². The van der Waals surface area contributed by atoms with Crippen molar-refractivity contribution in [2.24, 2.45) is 0 Å². The van der Waals surface area contributed by atoms with Crippen LogP contribution in [0.25, 0.3) is 0 Å². The van der Waals surface area contributed by atoms with E-state index in [1.807, 2.05) is 5.32 Å². The highest BCUT2D eigenvalue weighted by Crippen LogP contribution is 2.24. The van der Waals surface area contributed by atoms with E-state index in [1.54, 1.807) is 12.1 Å². The number of amides is 5. The third-order valence-corrected chi connectivity index (χ3v) is 2.79. The zero-order chi connectivity index (χ0) is 12.9. The van der Waals surface area contributed by atoms with E-state index in [2.05, 4.69) is 0 Å². The molecule has 0 radical (unpaired) electrons. The van der Waals surface area contributed by atoms with Crippen molar-refractivity contribution < 1.29 is 19.2 Å². The van der Waals surface area contributed by atoms with Gasteiger partial charge in [-0.15, -0.1) is 0 Å². The Balaban J connectivity index is 2.02. The summed E-state index contributed by atoms with van der Waals surface area (Å²) >= 11 is 0. The van der Waals surface area contributed by atoms with Crippen molar-refractivity contribution in [3.63, 3.8) is 0 Å². The topological polar surface area (TPSA) is 86.8 Å². The van der Waals surface area contributed by atoms with Crippen molar-refractivity contribution in [1.29, 1.82) is 0 Å². The molecule has 1 aromatic rings. The van der Waals surface area contributed by atoms with Gasteiger partial charge in [-0.3, -0.25) is 19.7 Å². The minimum Gasteiger partial charge on any atom is -0.275 e. The molecule has 0 saturated carbocycles. The molecule has 0 spiro atoms. The van der Waals surface area contributed by atoms with Gasteiger partial charge >= 0.3 is 6.03 Å². The Morgan fingerprint density at radius 3 is 1.94 bits per heavy atom. The van der Waals surface area contributed by atoms with Gasteiger partial charge in [0, 0.05) is 0 Å². The molecule has 5 amide bonds. The van der Waals surface area contributed by atoms with Crippen LogP contribution in [0.4, 0.5) is 4.79 Å². The summed E-state index contributed by atoms with van der Waals surface area (Å²) in [4.78, 5) is 46.6. The molecule has 2 aliphatic heterocycles. The summed E-state index contributed by atoms with van der Waals surface area (Å²) in [5.41, 5.74) is 0.462. The fourth-order valence-corrected chi connectivity index (χ4v) is 1.99. The van der Waals surface area contributed by atoms with Gasteiger partial charge in [0.05, 0.1) is 11.1 Å². The fraction of sp³-hybridized carbons (Fsp3) is 0.0909. The Morgan fingerprint density at radius 2 is 1.50 bits per heavy atom. The number of carbonyl (C=O) groups excluding carboxylic acids is 4. The van der Waals surface area contributed by atoms with Gasteiger partial charge in [-0.1, -0.05) is 12.1 Å². The van der Waals surface area contributed by atoms with Crippen LogP contribution in [0.1, 0.15) is 20.7 Å². The molecular formula is C11H7N3O4. The maximum absolute atomic E-state index is 12.0.